The molecule has 1 N–H and O–H groups in total. The summed E-state index contributed by atoms with van der Waals surface area (Å²) in [5.41, 5.74) is 1.45. The van der Waals surface area contributed by atoms with Gasteiger partial charge in [0.25, 0.3) is 0 Å². The number of carbonyl (C=O) groups excluding carboxylic acids is 2. The summed E-state index contributed by atoms with van der Waals surface area (Å²) in [5.74, 6) is 2.25. The van der Waals surface area contributed by atoms with E-state index in [9.17, 15) is 9.59 Å². The Morgan fingerprint density at radius 1 is 1.23 bits per heavy atom. The Kier molecular flexibility index (Phi) is 6.46. The predicted molar refractivity (Wildman–Crippen MR) is 115 cm³/mol. The molecule has 4 rings (SSSR count). The number of amides is 2. The molecule has 9 nitrogen and oxygen atoms in total. The van der Waals surface area contributed by atoms with Crippen molar-refractivity contribution in [2.45, 2.75) is 18.9 Å². The molecule has 31 heavy (non-hydrogen) atoms. The maximum atomic E-state index is 12.8. The molecule has 3 heterocycles. The fourth-order valence-electron chi connectivity index (χ4n) is 3.14. The number of anilines is 1. The number of aromatic nitrogens is 3. The van der Waals surface area contributed by atoms with Crippen molar-refractivity contribution in [2.24, 2.45) is 0 Å². The lowest BCUT2D eigenvalue weighted by Gasteiger charge is -2.23. The Morgan fingerprint density at radius 3 is 2.74 bits per heavy atom. The molecule has 0 radical (unpaired) electrons. The summed E-state index contributed by atoms with van der Waals surface area (Å²) in [6.07, 6.45) is 3.80. The molecular weight excluding hydrogens is 418 g/mol. The minimum Gasteiger partial charge on any atom is -0.497 e. The number of pyridine rings is 1. The van der Waals surface area contributed by atoms with E-state index in [0.717, 1.165) is 5.56 Å². The van der Waals surface area contributed by atoms with E-state index in [1.165, 1.54) is 0 Å². The second kappa shape index (κ2) is 9.61. The molecular formula is C21H21N5O4S. The van der Waals surface area contributed by atoms with Crippen molar-refractivity contribution in [3.63, 3.8) is 0 Å². The van der Waals surface area contributed by atoms with Crippen LogP contribution in [0.3, 0.4) is 0 Å². The van der Waals surface area contributed by atoms with E-state index < -0.39 is 6.04 Å². The summed E-state index contributed by atoms with van der Waals surface area (Å²) in [6, 6.07) is 10.1. The lowest BCUT2D eigenvalue weighted by atomic mass is 10.2. The van der Waals surface area contributed by atoms with Gasteiger partial charge in [-0.15, -0.1) is 11.8 Å². The molecule has 1 aliphatic rings. The highest BCUT2D eigenvalue weighted by Crippen LogP contribution is 2.24. The quantitative estimate of drug-likeness (QED) is 0.598. The van der Waals surface area contributed by atoms with Crippen molar-refractivity contribution in [3.05, 3.63) is 54.7 Å². The monoisotopic (exact) mass is 439 g/mol. The molecule has 2 amide bonds. The Balaban J connectivity index is 1.33. The van der Waals surface area contributed by atoms with Gasteiger partial charge in [0.05, 0.1) is 13.0 Å². The van der Waals surface area contributed by atoms with E-state index in [4.69, 9.17) is 9.26 Å². The van der Waals surface area contributed by atoms with Crippen LogP contribution in [-0.2, 0) is 16.0 Å². The van der Waals surface area contributed by atoms with Crippen LogP contribution in [-0.4, -0.2) is 56.6 Å². The highest BCUT2D eigenvalue weighted by atomic mass is 32.2. The molecule has 0 saturated carbocycles. The molecule has 0 bridgehead atoms. The number of methoxy groups -OCH3 is 1. The van der Waals surface area contributed by atoms with E-state index in [1.54, 1.807) is 72.6 Å². The zero-order valence-corrected chi connectivity index (χ0v) is 17.7. The Bertz CT molecular complexity index is 1040. The summed E-state index contributed by atoms with van der Waals surface area (Å²) in [6.45, 7) is 0. The number of carbonyl (C=O) groups is 2. The molecule has 0 spiro atoms. The van der Waals surface area contributed by atoms with Gasteiger partial charge >= 0.3 is 0 Å². The largest absolute Gasteiger partial charge is 0.497 e. The second-order valence-corrected chi connectivity index (χ2v) is 7.84. The topological polar surface area (TPSA) is 110 Å². The summed E-state index contributed by atoms with van der Waals surface area (Å²) in [5, 5.41) is 6.82. The fourth-order valence-corrected chi connectivity index (χ4v) is 4.32. The average Bonchev–Trinajstić information content (AvgIpc) is 3.49. The molecule has 160 valence electrons. The number of thioether (sulfide) groups is 1. The number of rotatable bonds is 7. The smallest absolute Gasteiger partial charge is 0.248 e. The first kappa shape index (κ1) is 20.9. The molecule has 0 aliphatic carbocycles. The number of nitrogens with zero attached hydrogens (tertiary/aromatic N) is 4. The summed E-state index contributed by atoms with van der Waals surface area (Å²) < 4.78 is 10.4. The number of aryl methyl sites for hydroxylation is 1. The molecule has 1 unspecified atom stereocenters. The van der Waals surface area contributed by atoms with Gasteiger partial charge in [-0.2, -0.15) is 4.98 Å². The predicted octanol–water partition coefficient (Wildman–Crippen LogP) is 2.61. The normalized spacial score (nSPS) is 15.6. The van der Waals surface area contributed by atoms with Crippen LogP contribution < -0.4 is 10.1 Å². The SMILES string of the molecule is COc1ccc(NC(=O)C2CSCN2C(=O)CCc2nc(-c3ccncc3)no2)cc1. The Morgan fingerprint density at radius 2 is 2.00 bits per heavy atom. The van der Waals surface area contributed by atoms with Crippen molar-refractivity contribution in [2.75, 3.05) is 24.1 Å². The Labute approximate surface area is 183 Å². The van der Waals surface area contributed by atoms with Gasteiger partial charge < -0.3 is 19.5 Å². The number of nitrogens with one attached hydrogen (secondary N) is 1. The van der Waals surface area contributed by atoms with Gasteiger partial charge in [0.2, 0.25) is 23.5 Å². The van der Waals surface area contributed by atoms with Crippen LogP contribution >= 0.6 is 11.8 Å². The van der Waals surface area contributed by atoms with Gasteiger partial charge in [0.15, 0.2) is 0 Å². The third-order valence-corrected chi connectivity index (χ3v) is 5.83. The number of hydrogen-bond donors (Lipinski definition) is 1. The fraction of sp³-hybridized carbons (Fsp3) is 0.286. The molecule has 1 aromatic carbocycles. The van der Waals surface area contributed by atoms with Crippen molar-refractivity contribution in [1.29, 1.82) is 0 Å². The average molecular weight is 439 g/mol. The van der Waals surface area contributed by atoms with Gasteiger partial charge in [-0.05, 0) is 36.4 Å². The van der Waals surface area contributed by atoms with Gasteiger partial charge in [-0.1, -0.05) is 5.16 Å². The number of hydrogen-bond acceptors (Lipinski definition) is 8. The van der Waals surface area contributed by atoms with Crippen LogP contribution in [0.2, 0.25) is 0 Å². The van der Waals surface area contributed by atoms with E-state index in [1.807, 2.05) is 0 Å². The van der Waals surface area contributed by atoms with Gasteiger partial charge in [0.1, 0.15) is 11.8 Å². The maximum Gasteiger partial charge on any atom is 0.248 e. The van der Waals surface area contributed by atoms with Gasteiger partial charge in [-0.3, -0.25) is 14.6 Å². The van der Waals surface area contributed by atoms with Crippen molar-refractivity contribution < 1.29 is 18.8 Å². The van der Waals surface area contributed by atoms with Crippen LogP contribution in [0.25, 0.3) is 11.4 Å². The summed E-state index contributed by atoms with van der Waals surface area (Å²) >= 11 is 1.55. The van der Waals surface area contributed by atoms with Crippen LogP contribution in [0.1, 0.15) is 12.3 Å². The first-order valence-electron chi connectivity index (χ1n) is 9.69. The van der Waals surface area contributed by atoms with E-state index in [2.05, 4.69) is 20.4 Å². The molecule has 1 fully saturated rings. The molecule has 1 saturated heterocycles. The van der Waals surface area contributed by atoms with Gasteiger partial charge in [0, 0.05) is 42.2 Å². The zero-order valence-electron chi connectivity index (χ0n) is 16.9. The number of ether oxygens (including phenoxy) is 1. The Hall–Kier alpha value is -3.40. The van der Waals surface area contributed by atoms with Crippen LogP contribution in [0.15, 0.2) is 53.3 Å². The highest BCUT2D eigenvalue weighted by molar-refractivity contribution is 7.99. The highest BCUT2D eigenvalue weighted by Gasteiger charge is 2.34. The molecule has 1 aliphatic heterocycles. The third kappa shape index (κ3) is 5.02. The van der Waals surface area contributed by atoms with E-state index in [0.29, 0.717) is 41.2 Å². The second-order valence-electron chi connectivity index (χ2n) is 6.84. The first-order valence-corrected chi connectivity index (χ1v) is 10.8. The van der Waals surface area contributed by atoms with Crippen molar-refractivity contribution >= 4 is 29.3 Å². The van der Waals surface area contributed by atoms with Crippen molar-refractivity contribution in [3.8, 4) is 17.1 Å². The molecule has 1 atom stereocenters. The zero-order chi connectivity index (χ0) is 21.6. The first-order chi connectivity index (χ1) is 15.1. The lowest BCUT2D eigenvalue weighted by molar-refractivity contribution is -0.136. The van der Waals surface area contributed by atoms with E-state index >= 15 is 0 Å². The minimum absolute atomic E-state index is 0.122. The standard InChI is InChI=1S/C21H21N5O4S/c1-29-16-4-2-15(3-5-16)23-21(28)17-12-31-13-26(17)19(27)7-6-18-24-20(25-30-18)14-8-10-22-11-9-14/h2-5,8-11,17H,6-7,12-13H2,1H3,(H,23,28). The van der Waals surface area contributed by atoms with Crippen LogP contribution in [0.4, 0.5) is 5.69 Å². The third-order valence-electron chi connectivity index (χ3n) is 4.82. The minimum atomic E-state index is -0.519. The van der Waals surface area contributed by atoms with Crippen molar-refractivity contribution in [1.82, 2.24) is 20.0 Å². The summed E-state index contributed by atoms with van der Waals surface area (Å²) in [4.78, 5) is 35.4. The summed E-state index contributed by atoms with van der Waals surface area (Å²) in [7, 11) is 1.58. The lowest BCUT2D eigenvalue weighted by Crippen LogP contribution is -2.44. The molecule has 3 aromatic rings. The molecule has 10 heteroatoms. The number of benzene rings is 1. The van der Waals surface area contributed by atoms with E-state index in [-0.39, 0.29) is 18.2 Å². The molecule has 2 aromatic heterocycles. The van der Waals surface area contributed by atoms with Gasteiger partial charge in [-0.25, -0.2) is 0 Å². The maximum absolute atomic E-state index is 12.8. The van der Waals surface area contributed by atoms with Crippen LogP contribution in [0.5, 0.6) is 5.75 Å². The van der Waals surface area contributed by atoms with Crippen LogP contribution in [0, 0.1) is 0 Å².